The molecule has 1 aliphatic heterocycles. The second-order valence-corrected chi connectivity index (χ2v) is 5.72. The number of piperidine rings is 1. The first kappa shape index (κ1) is 11.9. The van der Waals surface area contributed by atoms with Crippen molar-refractivity contribution in [1.29, 1.82) is 0 Å². The monoisotopic (exact) mass is 224 g/mol. The summed E-state index contributed by atoms with van der Waals surface area (Å²) < 4.78 is 0. The van der Waals surface area contributed by atoms with Crippen LogP contribution < -0.4 is 5.73 Å². The summed E-state index contributed by atoms with van der Waals surface area (Å²) in [4.78, 5) is 14.5. The van der Waals surface area contributed by atoms with Gasteiger partial charge < -0.3 is 10.6 Å². The lowest BCUT2D eigenvalue weighted by atomic mass is 9.88. The Morgan fingerprint density at radius 1 is 1.25 bits per heavy atom. The summed E-state index contributed by atoms with van der Waals surface area (Å²) in [5.41, 5.74) is 5.71. The minimum Gasteiger partial charge on any atom is -0.338 e. The number of carbonyl (C=O) groups is 1. The minimum absolute atomic E-state index is 0.212. The van der Waals surface area contributed by atoms with Crippen LogP contribution in [-0.4, -0.2) is 28.9 Å². The Kier molecular flexibility index (Phi) is 3.24. The van der Waals surface area contributed by atoms with E-state index in [1.165, 1.54) is 6.42 Å². The zero-order valence-corrected chi connectivity index (χ0v) is 10.5. The highest BCUT2D eigenvalue weighted by molar-refractivity contribution is 5.86. The molecule has 2 fully saturated rings. The molecule has 0 aromatic carbocycles. The first-order valence-corrected chi connectivity index (χ1v) is 6.64. The molecule has 0 bridgehead atoms. The quantitative estimate of drug-likeness (QED) is 0.739. The summed E-state index contributed by atoms with van der Waals surface area (Å²) in [5, 5.41) is 0. The molecule has 2 N–H and O–H groups in total. The maximum atomic E-state index is 12.5. The molecule has 2 aliphatic rings. The van der Waals surface area contributed by atoms with Crippen LogP contribution in [0.25, 0.3) is 0 Å². The molecule has 1 heterocycles. The first-order valence-electron chi connectivity index (χ1n) is 6.64. The van der Waals surface area contributed by atoms with E-state index < -0.39 is 5.54 Å². The zero-order chi connectivity index (χ0) is 11.8. The van der Waals surface area contributed by atoms with E-state index in [1.54, 1.807) is 0 Å². The van der Waals surface area contributed by atoms with E-state index in [-0.39, 0.29) is 5.91 Å². The van der Waals surface area contributed by atoms with Gasteiger partial charge in [0.2, 0.25) is 5.91 Å². The Balaban J connectivity index is 2.08. The van der Waals surface area contributed by atoms with E-state index in [0.717, 1.165) is 38.6 Å². The second-order valence-electron chi connectivity index (χ2n) is 5.72. The fraction of sp³-hybridized carbons (Fsp3) is 0.923. The molecule has 2 unspecified atom stereocenters. The highest BCUT2D eigenvalue weighted by Crippen LogP contribution is 2.32. The van der Waals surface area contributed by atoms with Gasteiger partial charge >= 0.3 is 0 Å². The lowest BCUT2D eigenvalue weighted by Crippen LogP contribution is -2.58. The zero-order valence-electron chi connectivity index (χ0n) is 10.5. The van der Waals surface area contributed by atoms with E-state index in [9.17, 15) is 4.79 Å². The van der Waals surface area contributed by atoms with Crippen LogP contribution in [0.15, 0.2) is 0 Å². The van der Waals surface area contributed by atoms with Gasteiger partial charge in [0.05, 0.1) is 5.54 Å². The number of nitrogens with two attached hydrogens (primary N) is 1. The third-order valence-corrected chi connectivity index (χ3v) is 4.56. The highest BCUT2D eigenvalue weighted by atomic mass is 16.2. The van der Waals surface area contributed by atoms with Gasteiger partial charge in [-0.3, -0.25) is 4.79 Å². The van der Waals surface area contributed by atoms with Crippen molar-refractivity contribution in [3.05, 3.63) is 0 Å². The summed E-state index contributed by atoms with van der Waals surface area (Å²) in [6.45, 7) is 5.31. The van der Waals surface area contributed by atoms with Gasteiger partial charge in [-0.1, -0.05) is 19.8 Å². The van der Waals surface area contributed by atoms with E-state index in [1.807, 2.05) is 4.90 Å². The fourth-order valence-corrected chi connectivity index (χ4v) is 3.13. The van der Waals surface area contributed by atoms with Crippen molar-refractivity contribution in [2.45, 2.75) is 64.0 Å². The molecule has 3 nitrogen and oxygen atoms in total. The van der Waals surface area contributed by atoms with Crippen molar-refractivity contribution in [2.75, 3.05) is 6.54 Å². The van der Waals surface area contributed by atoms with Crippen LogP contribution in [-0.2, 0) is 4.79 Å². The van der Waals surface area contributed by atoms with Crippen LogP contribution in [0.1, 0.15) is 52.4 Å². The van der Waals surface area contributed by atoms with Gasteiger partial charge in [0.25, 0.3) is 0 Å². The Labute approximate surface area is 98.4 Å². The van der Waals surface area contributed by atoms with Gasteiger partial charge in [-0.25, -0.2) is 0 Å². The SMILES string of the molecule is CC1CCCN(C(=O)C2(N)CCCC2)C1C. The lowest BCUT2D eigenvalue weighted by Gasteiger charge is -2.41. The summed E-state index contributed by atoms with van der Waals surface area (Å²) >= 11 is 0. The van der Waals surface area contributed by atoms with Gasteiger partial charge in [-0.05, 0) is 38.5 Å². The van der Waals surface area contributed by atoms with Crippen LogP contribution in [0.5, 0.6) is 0 Å². The van der Waals surface area contributed by atoms with Gasteiger partial charge in [0.15, 0.2) is 0 Å². The molecule has 0 aromatic heterocycles. The van der Waals surface area contributed by atoms with Gasteiger partial charge in [0, 0.05) is 12.6 Å². The molecule has 2 atom stereocenters. The molecule has 2 rings (SSSR count). The van der Waals surface area contributed by atoms with Crippen LogP contribution in [0.2, 0.25) is 0 Å². The van der Waals surface area contributed by atoms with E-state index >= 15 is 0 Å². The number of hydrogen-bond acceptors (Lipinski definition) is 2. The Hall–Kier alpha value is -0.570. The summed E-state index contributed by atoms with van der Waals surface area (Å²) in [5.74, 6) is 0.826. The summed E-state index contributed by atoms with van der Waals surface area (Å²) in [6, 6.07) is 0.363. The maximum Gasteiger partial charge on any atom is 0.242 e. The average molecular weight is 224 g/mol. The van der Waals surface area contributed by atoms with Crippen molar-refractivity contribution in [3.63, 3.8) is 0 Å². The molecule has 3 heteroatoms. The lowest BCUT2D eigenvalue weighted by molar-refractivity contribution is -0.141. The summed E-state index contributed by atoms with van der Waals surface area (Å²) in [6.07, 6.45) is 6.35. The van der Waals surface area contributed by atoms with Crippen LogP contribution in [0.3, 0.4) is 0 Å². The molecular formula is C13H24N2O. The molecule has 1 aliphatic carbocycles. The molecule has 1 saturated heterocycles. The number of likely N-dealkylation sites (tertiary alicyclic amines) is 1. The Morgan fingerprint density at radius 3 is 2.50 bits per heavy atom. The molecule has 0 spiro atoms. The third kappa shape index (κ3) is 1.97. The van der Waals surface area contributed by atoms with Crippen molar-refractivity contribution in [1.82, 2.24) is 4.90 Å². The molecule has 92 valence electrons. The Morgan fingerprint density at radius 2 is 1.88 bits per heavy atom. The standard InChI is InChI=1S/C13H24N2O/c1-10-6-5-9-15(11(10)2)12(16)13(14)7-3-4-8-13/h10-11H,3-9,14H2,1-2H3. The predicted octanol–water partition coefficient (Wildman–Crippen LogP) is 1.90. The topological polar surface area (TPSA) is 46.3 Å². The highest BCUT2D eigenvalue weighted by Gasteiger charge is 2.42. The van der Waals surface area contributed by atoms with Gasteiger partial charge in [0.1, 0.15) is 0 Å². The van der Waals surface area contributed by atoms with E-state index in [0.29, 0.717) is 12.0 Å². The Bertz CT molecular complexity index is 271. The number of amides is 1. The van der Waals surface area contributed by atoms with Crippen molar-refractivity contribution in [2.24, 2.45) is 11.7 Å². The minimum atomic E-state index is -0.536. The normalized spacial score (nSPS) is 34.1. The van der Waals surface area contributed by atoms with Gasteiger partial charge in [-0.15, -0.1) is 0 Å². The second kappa shape index (κ2) is 4.36. The maximum absolute atomic E-state index is 12.5. The number of rotatable bonds is 1. The summed E-state index contributed by atoms with van der Waals surface area (Å²) in [7, 11) is 0. The van der Waals surface area contributed by atoms with Crippen LogP contribution >= 0.6 is 0 Å². The number of carbonyl (C=O) groups excluding carboxylic acids is 1. The number of hydrogen-bond donors (Lipinski definition) is 1. The molecule has 16 heavy (non-hydrogen) atoms. The number of nitrogens with zero attached hydrogens (tertiary/aromatic N) is 1. The van der Waals surface area contributed by atoms with Crippen molar-refractivity contribution >= 4 is 5.91 Å². The average Bonchev–Trinajstić information content (AvgIpc) is 2.70. The predicted molar refractivity (Wildman–Crippen MR) is 65.0 cm³/mol. The third-order valence-electron chi connectivity index (χ3n) is 4.56. The van der Waals surface area contributed by atoms with Crippen molar-refractivity contribution in [3.8, 4) is 0 Å². The first-order chi connectivity index (χ1) is 7.54. The smallest absolute Gasteiger partial charge is 0.242 e. The van der Waals surface area contributed by atoms with Crippen LogP contribution in [0.4, 0.5) is 0 Å². The molecule has 1 saturated carbocycles. The van der Waals surface area contributed by atoms with E-state index in [4.69, 9.17) is 5.73 Å². The van der Waals surface area contributed by atoms with Gasteiger partial charge in [-0.2, -0.15) is 0 Å². The van der Waals surface area contributed by atoms with Crippen LogP contribution in [0, 0.1) is 5.92 Å². The molecule has 0 aromatic rings. The van der Waals surface area contributed by atoms with E-state index in [2.05, 4.69) is 13.8 Å². The molecular weight excluding hydrogens is 200 g/mol. The molecule has 0 radical (unpaired) electrons. The fourth-order valence-electron chi connectivity index (χ4n) is 3.13. The van der Waals surface area contributed by atoms with Crippen molar-refractivity contribution < 1.29 is 4.79 Å². The molecule has 1 amide bonds. The largest absolute Gasteiger partial charge is 0.338 e.